The van der Waals surface area contributed by atoms with Gasteiger partial charge in [0.05, 0.1) is 6.21 Å². The first kappa shape index (κ1) is 5.28. The minimum absolute atomic E-state index is 0.352. The molecule has 0 saturated heterocycles. The molecule has 1 atom stereocenters. The van der Waals surface area contributed by atoms with E-state index in [9.17, 15) is 5.21 Å². The standard InChI is InChI=1S/C5H8N2O/c1-5-2-3-6-7(8)4-5/h3-5H,2H2,1H3. The normalized spacial score (nSPS) is 27.6. The third-order valence-corrected chi connectivity index (χ3v) is 1.05. The van der Waals surface area contributed by atoms with Gasteiger partial charge in [-0.25, -0.2) is 0 Å². The van der Waals surface area contributed by atoms with Gasteiger partial charge >= 0.3 is 0 Å². The largest absolute Gasteiger partial charge is 0.595 e. The summed E-state index contributed by atoms with van der Waals surface area (Å²) in [6, 6.07) is 0. The molecule has 1 aliphatic heterocycles. The van der Waals surface area contributed by atoms with Crippen LogP contribution in [0.4, 0.5) is 0 Å². The number of hydrazone groups is 1. The molecule has 0 radical (unpaired) electrons. The van der Waals surface area contributed by atoms with Crippen LogP contribution in [0.15, 0.2) is 5.10 Å². The second-order valence-electron chi connectivity index (χ2n) is 1.96. The van der Waals surface area contributed by atoms with E-state index < -0.39 is 0 Å². The van der Waals surface area contributed by atoms with E-state index >= 15 is 0 Å². The zero-order valence-corrected chi connectivity index (χ0v) is 4.74. The molecule has 3 heteroatoms. The number of rotatable bonds is 0. The van der Waals surface area contributed by atoms with Gasteiger partial charge < -0.3 is 5.21 Å². The number of hydrogen-bond acceptors (Lipinski definition) is 2. The molecule has 0 aliphatic carbocycles. The van der Waals surface area contributed by atoms with Crippen LogP contribution in [-0.2, 0) is 0 Å². The van der Waals surface area contributed by atoms with E-state index in [0.717, 1.165) is 6.42 Å². The molecule has 8 heavy (non-hydrogen) atoms. The zero-order valence-electron chi connectivity index (χ0n) is 4.74. The molecule has 1 aliphatic rings. The number of nitrogens with zero attached hydrogens (tertiary/aromatic N) is 2. The minimum atomic E-state index is 0.352. The molecular weight excluding hydrogens is 104 g/mol. The van der Waals surface area contributed by atoms with Crippen LogP contribution in [0.3, 0.4) is 0 Å². The molecule has 0 aromatic rings. The molecule has 0 saturated carbocycles. The summed E-state index contributed by atoms with van der Waals surface area (Å²) in [5, 5.41) is 13.8. The Balaban J connectivity index is 2.63. The molecule has 44 valence electrons. The Kier molecular flexibility index (Phi) is 1.28. The predicted octanol–water partition coefficient (Wildman–Crippen LogP) is 0.593. The van der Waals surface area contributed by atoms with Gasteiger partial charge in [0, 0.05) is 12.3 Å². The maximum absolute atomic E-state index is 10.3. The summed E-state index contributed by atoms with van der Waals surface area (Å²) in [6.45, 7) is 1.98. The van der Waals surface area contributed by atoms with Gasteiger partial charge in [0.2, 0.25) is 0 Å². The monoisotopic (exact) mass is 112 g/mol. The fourth-order valence-corrected chi connectivity index (χ4v) is 0.611. The lowest BCUT2D eigenvalue weighted by Crippen LogP contribution is -2.11. The highest BCUT2D eigenvalue weighted by molar-refractivity contribution is 5.67. The quantitative estimate of drug-likeness (QED) is 0.334. The van der Waals surface area contributed by atoms with Crippen molar-refractivity contribution in [2.75, 3.05) is 0 Å². The highest BCUT2D eigenvalue weighted by Crippen LogP contribution is 1.98. The second-order valence-corrected chi connectivity index (χ2v) is 1.96. The average molecular weight is 112 g/mol. The first-order chi connectivity index (χ1) is 3.79. The van der Waals surface area contributed by atoms with E-state index in [-0.39, 0.29) is 0 Å². The Bertz CT molecular complexity index is 139. The summed E-state index contributed by atoms with van der Waals surface area (Å²) < 4.78 is 0. The zero-order chi connectivity index (χ0) is 5.98. The second kappa shape index (κ2) is 1.94. The SMILES string of the molecule is CC1C=[N+]([O-])N=CC1. The fraction of sp³-hybridized carbons (Fsp3) is 0.600. The Labute approximate surface area is 47.9 Å². The molecule has 0 amide bonds. The third-order valence-electron chi connectivity index (χ3n) is 1.05. The van der Waals surface area contributed by atoms with E-state index in [4.69, 9.17) is 0 Å². The van der Waals surface area contributed by atoms with Crippen molar-refractivity contribution < 1.29 is 4.85 Å². The molecule has 0 N–H and O–H groups in total. The maximum atomic E-state index is 10.3. The summed E-state index contributed by atoms with van der Waals surface area (Å²) in [5.41, 5.74) is 0. The lowest BCUT2D eigenvalue weighted by molar-refractivity contribution is -0.461. The van der Waals surface area contributed by atoms with Crippen LogP contribution in [0, 0.1) is 11.1 Å². The van der Waals surface area contributed by atoms with Gasteiger partial charge in [0.15, 0.2) is 6.21 Å². The molecule has 0 bridgehead atoms. The molecule has 0 spiro atoms. The van der Waals surface area contributed by atoms with E-state index in [0.29, 0.717) is 10.8 Å². The molecule has 0 aromatic heterocycles. The van der Waals surface area contributed by atoms with Crippen LogP contribution >= 0.6 is 0 Å². The Hall–Kier alpha value is -0.860. The average Bonchev–Trinajstić information content (AvgIpc) is 1.64. The van der Waals surface area contributed by atoms with Crippen molar-refractivity contribution in [3.63, 3.8) is 0 Å². The number of hydrogen-bond donors (Lipinski definition) is 0. The van der Waals surface area contributed by atoms with Gasteiger partial charge in [-0.15, -0.1) is 0 Å². The molecular formula is C5H8N2O. The fourth-order valence-electron chi connectivity index (χ4n) is 0.611. The maximum Gasteiger partial charge on any atom is 0.189 e. The lowest BCUT2D eigenvalue weighted by Gasteiger charge is -2.02. The Morgan fingerprint density at radius 3 is 3.00 bits per heavy atom. The lowest BCUT2D eigenvalue weighted by atomic mass is 10.1. The first-order valence-electron chi connectivity index (χ1n) is 2.63. The summed E-state index contributed by atoms with van der Waals surface area (Å²) in [7, 11) is 0. The Morgan fingerprint density at radius 1 is 1.88 bits per heavy atom. The topological polar surface area (TPSA) is 38.4 Å². The minimum Gasteiger partial charge on any atom is -0.595 e. The highest BCUT2D eigenvalue weighted by atomic mass is 16.5. The van der Waals surface area contributed by atoms with E-state index in [2.05, 4.69) is 5.10 Å². The van der Waals surface area contributed by atoms with Gasteiger partial charge in [0.25, 0.3) is 0 Å². The van der Waals surface area contributed by atoms with Crippen molar-refractivity contribution >= 4 is 12.4 Å². The van der Waals surface area contributed by atoms with Crippen LogP contribution in [0.5, 0.6) is 0 Å². The van der Waals surface area contributed by atoms with Crippen molar-refractivity contribution in [2.45, 2.75) is 13.3 Å². The van der Waals surface area contributed by atoms with E-state index in [1.807, 2.05) is 6.92 Å². The summed E-state index contributed by atoms with van der Waals surface area (Å²) in [5.74, 6) is 0.352. The molecule has 0 fully saturated rings. The molecule has 3 nitrogen and oxygen atoms in total. The van der Waals surface area contributed by atoms with Crippen LogP contribution in [0.2, 0.25) is 0 Å². The van der Waals surface area contributed by atoms with Gasteiger partial charge in [-0.1, -0.05) is 11.8 Å². The predicted molar refractivity (Wildman–Crippen MR) is 32.0 cm³/mol. The summed E-state index contributed by atoms with van der Waals surface area (Å²) in [6.07, 6.45) is 4.08. The Morgan fingerprint density at radius 2 is 2.62 bits per heavy atom. The summed E-state index contributed by atoms with van der Waals surface area (Å²) >= 11 is 0. The van der Waals surface area contributed by atoms with Crippen molar-refractivity contribution in [3.8, 4) is 0 Å². The van der Waals surface area contributed by atoms with Crippen LogP contribution < -0.4 is 0 Å². The van der Waals surface area contributed by atoms with Gasteiger partial charge in [-0.2, -0.15) is 0 Å². The van der Waals surface area contributed by atoms with Crippen LogP contribution in [0.1, 0.15) is 13.3 Å². The van der Waals surface area contributed by atoms with Gasteiger partial charge in [-0.05, 0) is 5.10 Å². The molecule has 1 rings (SSSR count). The molecule has 1 heterocycles. The smallest absolute Gasteiger partial charge is 0.189 e. The first-order valence-corrected chi connectivity index (χ1v) is 2.63. The van der Waals surface area contributed by atoms with E-state index in [1.165, 1.54) is 0 Å². The van der Waals surface area contributed by atoms with Crippen molar-refractivity contribution in [1.82, 2.24) is 0 Å². The van der Waals surface area contributed by atoms with Crippen LogP contribution in [0.25, 0.3) is 0 Å². The molecule has 0 aromatic carbocycles. The third kappa shape index (κ3) is 1.05. The van der Waals surface area contributed by atoms with Gasteiger partial charge in [0.1, 0.15) is 0 Å². The van der Waals surface area contributed by atoms with Gasteiger partial charge in [-0.3, -0.25) is 0 Å². The summed E-state index contributed by atoms with van der Waals surface area (Å²) in [4.78, 5) is 0.605. The van der Waals surface area contributed by atoms with E-state index in [1.54, 1.807) is 12.4 Å². The van der Waals surface area contributed by atoms with Crippen molar-refractivity contribution in [3.05, 3.63) is 5.21 Å². The van der Waals surface area contributed by atoms with Crippen LogP contribution in [-0.4, -0.2) is 17.3 Å². The van der Waals surface area contributed by atoms with Crippen molar-refractivity contribution in [1.29, 1.82) is 0 Å². The van der Waals surface area contributed by atoms with Crippen molar-refractivity contribution in [2.24, 2.45) is 11.0 Å². The molecule has 1 unspecified atom stereocenters. The highest BCUT2D eigenvalue weighted by Gasteiger charge is 2.05.